The van der Waals surface area contributed by atoms with Crippen LogP contribution in [0.25, 0.3) is 0 Å². The topological polar surface area (TPSA) is 95.9 Å². The largest absolute Gasteiger partial charge is 0.508 e. The Hall–Kier alpha value is -2.41. The van der Waals surface area contributed by atoms with Gasteiger partial charge in [-0.05, 0) is 31.0 Å². The Balaban J connectivity index is 2.11. The minimum Gasteiger partial charge on any atom is -0.508 e. The number of esters is 1. The van der Waals surface area contributed by atoms with E-state index in [0.29, 0.717) is 12.8 Å². The second kappa shape index (κ2) is 6.72. The van der Waals surface area contributed by atoms with E-state index in [4.69, 9.17) is 4.74 Å². The van der Waals surface area contributed by atoms with Crippen LogP contribution in [0.3, 0.4) is 0 Å². The SMILES string of the molecule is CCC[C@]1(C(=O)OCC)N[C@@H](c2ccc(O)cc2)[C@H]2C(=O)N(C)C(=O)[C@@H]21. The summed E-state index contributed by atoms with van der Waals surface area (Å²) in [5.74, 6) is -2.50. The number of phenols is 1. The highest BCUT2D eigenvalue weighted by atomic mass is 16.5. The van der Waals surface area contributed by atoms with Gasteiger partial charge in [0, 0.05) is 13.1 Å². The predicted octanol–water partition coefficient (Wildman–Crippen LogP) is 1.37. The molecule has 0 unspecified atom stereocenters. The molecule has 0 aromatic heterocycles. The third-order valence-corrected chi connectivity index (χ3v) is 5.41. The van der Waals surface area contributed by atoms with Crippen molar-refractivity contribution in [3.8, 4) is 5.75 Å². The van der Waals surface area contributed by atoms with E-state index in [2.05, 4.69) is 5.32 Å². The molecule has 0 bridgehead atoms. The predicted molar refractivity (Wildman–Crippen MR) is 93.0 cm³/mol. The molecule has 0 saturated carbocycles. The van der Waals surface area contributed by atoms with Crippen molar-refractivity contribution < 1.29 is 24.2 Å². The Morgan fingerprint density at radius 2 is 1.88 bits per heavy atom. The maximum absolute atomic E-state index is 12.9. The summed E-state index contributed by atoms with van der Waals surface area (Å²) < 4.78 is 5.29. The molecule has 7 heteroatoms. The van der Waals surface area contributed by atoms with E-state index in [0.717, 1.165) is 10.5 Å². The van der Waals surface area contributed by atoms with Gasteiger partial charge in [0.25, 0.3) is 0 Å². The number of carbonyl (C=O) groups is 3. The van der Waals surface area contributed by atoms with E-state index in [-0.39, 0.29) is 24.2 Å². The lowest BCUT2D eigenvalue weighted by Crippen LogP contribution is -2.56. The van der Waals surface area contributed by atoms with Crippen LogP contribution in [0.1, 0.15) is 38.3 Å². The zero-order chi connectivity index (χ0) is 19.1. The lowest BCUT2D eigenvalue weighted by molar-refractivity contribution is -0.156. The fourth-order valence-electron chi connectivity index (χ4n) is 4.29. The molecule has 0 radical (unpaired) electrons. The molecule has 4 atom stereocenters. The van der Waals surface area contributed by atoms with E-state index in [9.17, 15) is 19.5 Å². The number of nitrogens with one attached hydrogen (secondary N) is 1. The van der Waals surface area contributed by atoms with Gasteiger partial charge in [0.05, 0.1) is 18.4 Å². The van der Waals surface area contributed by atoms with Crippen molar-refractivity contribution in [2.45, 2.75) is 38.3 Å². The number of nitrogens with zero attached hydrogens (tertiary/aromatic N) is 1. The quantitative estimate of drug-likeness (QED) is 0.608. The third-order valence-electron chi connectivity index (χ3n) is 5.41. The van der Waals surface area contributed by atoms with Gasteiger partial charge < -0.3 is 9.84 Å². The van der Waals surface area contributed by atoms with Crippen LogP contribution >= 0.6 is 0 Å². The Morgan fingerprint density at radius 1 is 1.23 bits per heavy atom. The van der Waals surface area contributed by atoms with E-state index >= 15 is 0 Å². The molecule has 2 heterocycles. The maximum atomic E-state index is 12.9. The highest BCUT2D eigenvalue weighted by Crippen LogP contribution is 2.50. The number of benzene rings is 1. The van der Waals surface area contributed by atoms with Crippen molar-refractivity contribution in [2.75, 3.05) is 13.7 Å². The normalized spacial score (nSPS) is 30.6. The molecule has 2 fully saturated rings. The second-order valence-corrected chi connectivity index (χ2v) is 6.89. The molecule has 0 aliphatic carbocycles. The summed E-state index contributed by atoms with van der Waals surface area (Å²) in [5, 5.41) is 12.8. The van der Waals surface area contributed by atoms with Gasteiger partial charge in [-0.15, -0.1) is 0 Å². The molecular formula is C19H24N2O5. The van der Waals surface area contributed by atoms with Crippen LogP contribution in [-0.4, -0.2) is 47.0 Å². The van der Waals surface area contributed by atoms with Gasteiger partial charge in [0.2, 0.25) is 11.8 Å². The fraction of sp³-hybridized carbons (Fsp3) is 0.526. The zero-order valence-electron chi connectivity index (χ0n) is 15.2. The number of imide groups is 1. The summed E-state index contributed by atoms with van der Waals surface area (Å²) in [4.78, 5) is 39.6. The standard InChI is InChI=1S/C19H24N2O5/c1-4-10-19(18(25)26-5-2)14-13(16(23)21(3)17(14)24)15(20-19)11-6-8-12(22)9-7-11/h6-9,13-15,20,22H,4-5,10H2,1-3H3/t13-,14+,15-,19-/m0/s1. The van der Waals surface area contributed by atoms with Gasteiger partial charge in [-0.2, -0.15) is 0 Å². The number of amides is 2. The van der Waals surface area contributed by atoms with Gasteiger partial charge in [-0.3, -0.25) is 24.6 Å². The van der Waals surface area contributed by atoms with Gasteiger partial charge in [0.15, 0.2) is 0 Å². The first-order valence-corrected chi connectivity index (χ1v) is 8.92. The molecule has 140 valence electrons. The Morgan fingerprint density at radius 3 is 2.46 bits per heavy atom. The summed E-state index contributed by atoms with van der Waals surface area (Å²) >= 11 is 0. The van der Waals surface area contributed by atoms with Crippen LogP contribution in [0, 0.1) is 11.8 Å². The second-order valence-electron chi connectivity index (χ2n) is 6.89. The molecule has 2 saturated heterocycles. The highest BCUT2D eigenvalue weighted by molar-refractivity contribution is 6.09. The number of ether oxygens (including phenoxy) is 1. The summed E-state index contributed by atoms with van der Waals surface area (Å²) in [6.45, 7) is 3.84. The molecule has 1 aromatic carbocycles. The Kier molecular flexibility index (Phi) is 4.75. The third kappa shape index (κ3) is 2.58. The van der Waals surface area contributed by atoms with Crippen LogP contribution in [0.4, 0.5) is 0 Å². The molecule has 26 heavy (non-hydrogen) atoms. The number of likely N-dealkylation sites (tertiary alicyclic amines) is 1. The van der Waals surface area contributed by atoms with Crippen LogP contribution < -0.4 is 5.32 Å². The summed E-state index contributed by atoms with van der Waals surface area (Å²) in [6, 6.07) is 5.96. The van der Waals surface area contributed by atoms with Crippen LogP contribution in [0.15, 0.2) is 24.3 Å². The van der Waals surface area contributed by atoms with Crippen molar-refractivity contribution in [1.29, 1.82) is 0 Å². The van der Waals surface area contributed by atoms with E-state index in [1.165, 1.54) is 19.2 Å². The summed E-state index contributed by atoms with van der Waals surface area (Å²) in [7, 11) is 1.46. The molecule has 1 aromatic rings. The number of rotatable bonds is 5. The number of aromatic hydroxyl groups is 1. The minimum absolute atomic E-state index is 0.111. The van der Waals surface area contributed by atoms with Crippen molar-refractivity contribution in [1.82, 2.24) is 10.2 Å². The van der Waals surface area contributed by atoms with E-state index in [1.807, 2.05) is 6.92 Å². The summed E-state index contributed by atoms with van der Waals surface area (Å²) in [5.41, 5.74) is -0.480. The monoisotopic (exact) mass is 360 g/mol. The molecule has 2 amide bonds. The smallest absolute Gasteiger partial charge is 0.327 e. The van der Waals surface area contributed by atoms with Gasteiger partial charge in [-0.1, -0.05) is 25.5 Å². The van der Waals surface area contributed by atoms with Crippen molar-refractivity contribution >= 4 is 17.8 Å². The van der Waals surface area contributed by atoms with E-state index in [1.54, 1.807) is 19.1 Å². The molecule has 2 aliphatic rings. The molecule has 3 rings (SSSR count). The number of carbonyl (C=O) groups excluding carboxylic acids is 3. The minimum atomic E-state index is -1.23. The first-order chi connectivity index (χ1) is 12.4. The average Bonchev–Trinajstić information content (AvgIpc) is 3.07. The van der Waals surface area contributed by atoms with Crippen LogP contribution in [0.5, 0.6) is 5.75 Å². The average molecular weight is 360 g/mol. The lowest BCUT2D eigenvalue weighted by atomic mass is 9.77. The van der Waals surface area contributed by atoms with Crippen LogP contribution in [-0.2, 0) is 19.1 Å². The number of fused-ring (bicyclic) bond motifs is 1. The zero-order valence-corrected chi connectivity index (χ0v) is 15.2. The first kappa shape index (κ1) is 18.4. The van der Waals surface area contributed by atoms with Gasteiger partial charge in [0.1, 0.15) is 11.3 Å². The van der Waals surface area contributed by atoms with Gasteiger partial charge >= 0.3 is 5.97 Å². The molecule has 7 nitrogen and oxygen atoms in total. The molecule has 0 spiro atoms. The summed E-state index contributed by atoms with van der Waals surface area (Å²) in [6.07, 6.45) is 1.05. The lowest BCUT2D eigenvalue weighted by Gasteiger charge is -2.32. The Bertz CT molecular complexity index is 732. The number of hydrogen-bond acceptors (Lipinski definition) is 6. The van der Waals surface area contributed by atoms with Crippen molar-refractivity contribution in [3.05, 3.63) is 29.8 Å². The Labute approximate surface area is 152 Å². The molecule has 2 aliphatic heterocycles. The number of phenolic OH excluding ortho intramolecular Hbond substituents is 1. The maximum Gasteiger partial charge on any atom is 0.327 e. The van der Waals surface area contributed by atoms with Crippen LogP contribution in [0.2, 0.25) is 0 Å². The number of hydrogen-bond donors (Lipinski definition) is 2. The molecular weight excluding hydrogens is 336 g/mol. The molecule has 2 N–H and O–H groups in total. The fourth-order valence-corrected chi connectivity index (χ4v) is 4.29. The van der Waals surface area contributed by atoms with Crippen molar-refractivity contribution in [3.63, 3.8) is 0 Å². The van der Waals surface area contributed by atoms with Crippen molar-refractivity contribution in [2.24, 2.45) is 11.8 Å². The highest BCUT2D eigenvalue weighted by Gasteiger charge is 2.67. The van der Waals surface area contributed by atoms with Gasteiger partial charge in [-0.25, -0.2) is 0 Å². The first-order valence-electron chi connectivity index (χ1n) is 8.92. The van der Waals surface area contributed by atoms with E-state index < -0.39 is 29.4 Å².